The summed E-state index contributed by atoms with van der Waals surface area (Å²) in [5.74, 6) is -1.94. The molecule has 3 amide bonds. The maximum absolute atomic E-state index is 13.7. The number of hydrogen-bond acceptors (Lipinski definition) is 7. The van der Waals surface area contributed by atoms with Gasteiger partial charge < -0.3 is 5.32 Å². The summed E-state index contributed by atoms with van der Waals surface area (Å²) in [6, 6.07) is 20.2. The predicted molar refractivity (Wildman–Crippen MR) is 147 cm³/mol. The van der Waals surface area contributed by atoms with Gasteiger partial charge in [0.05, 0.1) is 16.6 Å². The molecule has 0 radical (unpaired) electrons. The van der Waals surface area contributed by atoms with Crippen LogP contribution in [0.2, 0.25) is 0 Å². The zero-order valence-electron chi connectivity index (χ0n) is 19.6. The smallest absolute Gasteiger partial charge is 0.308 e. The van der Waals surface area contributed by atoms with Gasteiger partial charge >= 0.3 is 4.87 Å². The molecule has 2 aromatic carbocycles. The topological polar surface area (TPSA) is 88.5 Å². The van der Waals surface area contributed by atoms with E-state index in [2.05, 4.69) is 5.32 Å². The molecule has 2 aliphatic rings. The van der Waals surface area contributed by atoms with Gasteiger partial charge in [-0.05, 0) is 42.1 Å². The fourth-order valence-electron chi connectivity index (χ4n) is 4.91. The Labute approximate surface area is 224 Å². The minimum Gasteiger partial charge on any atom is -0.324 e. The molecule has 186 valence electrons. The van der Waals surface area contributed by atoms with Crippen molar-refractivity contribution in [1.29, 1.82) is 0 Å². The van der Waals surface area contributed by atoms with Crippen LogP contribution >= 0.6 is 34.4 Å². The van der Waals surface area contributed by atoms with Gasteiger partial charge in [0.1, 0.15) is 11.8 Å². The number of hydrogen-bond donors (Lipinski definition) is 1. The van der Waals surface area contributed by atoms with Crippen LogP contribution in [0.1, 0.15) is 21.2 Å². The molecule has 0 bridgehead atoms. The molecular weight excluding hydrogens is 527 g/mol. The lowest BCUT2D eigenvalue weighted by atomic mass is 9.87. The molecule has 2 aliphatic heterocycles. The van der Waals surface area contributed by atoms with Crippen molar-refractivity contribution in [2.45, 2.75) is 29.7 Å². The summed E-state index contributed by atoms with van der Waals surface area (Å²) < 4.78 is 1.44. The third-order valence-electron chi connectivity index (χ3n) is 6.63. The maximum Gasteiger partial charge on any atom is 0.308 e. The van der Waals surface area contributed by atoms with Crippen LogP contribution in [-0.4, -0.2) is 27.5 Å². The van der Waals surface area contributed by atoms with E-state index in [1.54, 1.807) is 24.3 Å². The van der Waals surface area contributed by atoms with E-state index in [-0.39, 0.29) is 29.1 Å². The van der Waals surface area contributed by atoms with E-state index in [0.29, 0.717) is 16.4 Å². The number of fused-ring (bicyclic) bond motifs is 2. The number of aryl methyl sites for hydroxylation is 1. The lowest BCUT2D eigenvalue weighted by molar-refractivity contribution is -0.122. The number of nitrogens with zero attached hydrogens (tertiary/aromatic N) is 2. The van der Waals surface area contributed by atoms with Gasteiger partial charge in [-0.2, -0.15) is 0 Å². The van der Waals surface area contributed by atoms with E-state index in [9.17, 15) is 19.2 Å². The zero-order valence-corrected chi connectivity index (χ0v) is 22.1. The molecule has 3 atom stereocenters. The molecule has 6 rings (SSSR count). The van der Waals surface area contributed by atoms with E-state index < -0.39 is 17.1 Å². The zero-order chi connectivity index (χ0) is 25.7. The number of amides is 3. The van der Waals surface area contributed by atoms with E-state index >= 15 is 0 Å². The van der Waals surface area contributed by atoms with Crippen molar-refractivity contribution in [1.82, 2.24) is 4.57 Å². The molecule has 0 aliphatic carbocycles. The van der Waals surface area contributed by atoms with Crippen molar-refractivity contribution in [2.75, 3.05) is 10.2 Å². The number of benzene rings is 2. The van der Waals surface area contributed by atoms with Gasteiger partial charge in [0, 0.05) is 21.4 Å². The summed E-state index contributed by atoms with van der Waals surface area (Å²) in [5, 5.41) is 4.71. The SMILES string of the molecule is Cc1ccccc1NC(=O)Cn1c2c(sc1=O)[C@H](c1cccs1)C1C(=O)N(c3ccccc3)C(=O)C1S2. The Kier molecular flexibility index (Phi) is 6.10. The van der Waals surface area contributed by atoms with Crippen LogP contribution in [0.5, 0.6) is 0 Å². The summed E-state index contributed by atoms with van der Waals surface area (Å²) in [4.78, 5) is 56.1. The van der Waals surface area contributed by atoms with E-state index in [1.165, 1.54) is 32.6 Å². The number of thiazole rings is 1. The van der Waals surface area contributed by atoms with Gasteiger partial charge in [-0.1, -0.05) is 65.6 Å². The Bertz CT molecular complexity index is 1580. The Morgan fingerprint density at radius 3 is 2.43 bits per heavy atom. The molecule has 1 fully saturated rings. The fraction of sp³-hybridized carbons (Fsp3) is 0.185. The van der Waals surface area contributed by atoms with Crippen LogP contribution in [0, 0.1) is 12.8 Å². The summed E-state index contributed by atoms with van der Waals surface area (Å²) >= 11 is 3.78. The Hall–Kier alpha value is -3.47. The number of thiophene rings is 1. The highest BCUT2D eigenvalue weighted by Crippen LogP contribution is 2.54. The third kappa shape index (κ3) is 4.05. The van der Waals surface area contributed by atoms with Crippen LogP contribution in [0.3, 0.4) is 0 Å². The second kappa shape index (κ2) is 9.44. The highest BCUT2D eigenvalue weighted by atomic mass is 32.2. The Morgan fingerprint density at radius 1 is 0.946 bits per heavy atom. The van der Waals surface area contributed by atoms with Crippen LogP contribution in [0.25, 0.3) is 0 Å². The predicted octanol–water partition coefficient (Wildman–Crippen LogP) is 4.71. The van der Waals surface area contributed by atoms with E-state index in [4.69, 9.17) is 0 Å². The number of aromatic nitrogens is 1. The van der Waals surface area contributed by atoms with Crippen molar-refractivity contribution >= 4 is 63.5 Å². The molecule has 2 unspecified atom stereocenters. The Morgan fingerprint density at radius 2 is 1.70 bits per heavy atom. The van der Waals surface area contributed by atoms with Gasteiger partial charge in [0.2, 0.25) is 17.7 Å². The molecule has 0 spiro atoms. The molecule has 2 aromatic heterocycles. The number of imide groups is 1. The quantitative estimate of drug-likeness (QED) is 0.366. The normalized spacial score (nSPS) is 20.6. The average Bonchev–Trinajstić information content (AvgIpc) is 3.59. The molecule has 1 N–H and O–H groups in total. The minimum atomic E-state index is -0.688. The molecule has 7 nitrogen and oxygen atoms in total. The first-order chi connectivity index (χ1) is 17.9. The van der Waals surface area contributed by atoms with E-state index in [0.717, 1.165) is 26.7 Å². The second-order valence-corrected chi connectivity index (χ2v) is 12.0. The monoisotopic (exact) mass is 547 g/mol. The summed E-state index contributed by atoms with van der Waals surface area (Å²) in [6.45, 7) is 1.72. The number of nitrogens with one attached hydrogen (secondary N) is 1. The number of carbonyl (C=O) groups excluding carboxylic acids is 3. The highest BCUT2D eigenvalue weighted by molar-refractivity contribution is 8.00. The molecule has 4 heterocycles. The van der Waals surface area contributed by atoms with Crippen molar-refractivity contribution < 1.29 is 14.4 Å². The van der Waals surface area contributed by atoms with Crippen LogP contribution in [-0.2, 0) is 20.9 Å². The average molecular weight is 548 g/mol. The minimum absolute atomic E-state index is 0.176. The number of carbonyl (C=O) groups is 3. The maximum atomic E-state index is 13.7. The highest BCUT2D eigenvalue weighted by Gasteiger charge is 2.57. The fourth-order valence-corrected chi connectivity index (χ4v) is 8.63. The first-order valence-corrected chi connectivity index (χ1v) is 14.2. The van der Waals surface area contributed by atoms with Gasteiger partial charge in [-0.25, -0.2) is 4.90 Å². The molecule has 37 heavy (non-hydrogen) atoms. The molecular formula is C27H21N3O4S3. The van der Waals surface area contributed by atoms with Gasteiger partial charge in [0.25, 0.3) is 0 Å². The van der Waals surface area contributed by atoms with Gasteiger partial charge in [-0.3, -0.25) is 23.7 Å². The van der Waals surface area contributed by atoms with Crippen LogP contribution in [0.4, 0.5) is 11.4 Å². The first kappa shape index (κ1) is 23.9. The molecule has 1 saturated heterocycles. The number of rotatable bonds is 5. The summed E-state index contributed by atoms with van der Waals surface area (Å²) in [6.07, 6.45) is 0. The lowest BCUT2D eigenvalue weighted by Gasteiger charge is -2.29. The number of para-hydroxylation sites is 2. The van der Waals surface area contributed by atoms with Crippen molar-refractivity contribution in [3.8, 4) is 0 Å². The standard InChI is InChI=1S/C27H21N3O4S3/c1-15-8-5-6-11-17(15)28-19(31)14-29-26-23(37-27(29)34)20(18-12-7-13-35-18)21-22(36-26)25(33)30(24(21)32)16-9-3-2-4-10-16/h2-13,20-22H,14H2,1H3,(H,28,31)/t20-,21?,22?/m1/s1. The molecule has 4 aromatic rings. The number of thioether (sulfide) groups is 1. The summed E-state index contributed by atoms with van der Waals surface area (Å²) in [5.41, 5.74) is 2.14. The van der Waals surface area contributed by atoms with E-state index in [1.807, 2.05) is 54.8 Å². The molecule has 0 saturated carbocycles. The largest absolute Gasteiger partial charge is 0.324 e. The van der Waals surface area contributed by atoms with Crippen molar-refractivity contribution in [3.05, 3.63) is 97.1 Å². The molecule has 10 heteroatoms. The second-order valence-electron chi connectivity index (χ2n) is 8.89. The third-order valence-corrected chi connectivity index (χ3v) is 10.2. The Balaban J connectivity index is 1.39. The first-order valence-electron chi connectivity index (χ1n) is 11.7. The van der Waals surface area contributed by atoms with Crippen LogP contribution < -0.4 is 15.1 Å². The van der Waals surface area contributed by atoms with Crippen molar-refractivity contribution in [2.24, 2.45) is 5.92 Å². The van der Waals surface area contributed by atoms with Gasteiger partial charge in [-0.15, -0.1) is 11.3 Å². The van der Waals surface area contributed by atoms with Crippen LogP contribution in [0.15, 0.2) is 81.9 Å². The number of anilines is 2. The van der Waals surface area contributed by atoms with Gasteiger partial charge in [0.15, 0.2) is 0 Å². The summed E-state index contributed by atoms with van der Waals surface area (Å²) in [7, 11) is 0. The lowest BCUT2D eigenvalue weighted by Crippen LogP contribution is -2.32. The van der Waals surface area contributed by atoms with Crippen molar-refractivity contribution in [3.63, 3.8) is 0 Å².